The first-order chi connectivity index (χ1) is 12.8. The Labute approximate surface area is 164 Å². The maximum atomic E-state index is 13.7. The molecule has 3 aromatic heterocycles. The number of rotatable bonds is 4. The first kappa shape index (κ1) is 21.0. The summed E-state index contributed by atoms with van der Waals surface area (Å²) >= 11 is 0. The van der Waals surface area contributed by atoms with Gasteiger partial charge in [-0.05, 0) is 13.0 Å². The Bertz CT molecular complexity index is 982. The van der Waals surface area contributed by atoms with E-state index in [9.17, 15) is 13.6 Å². The van der Waals surface area contributed by atoms with Crippen molar-refractivity contribution < 1.29 is 18.3 Å². The Balaban J connectivity index is 0.00000280. The lowest BCUT2D eigenvalue weighted by atomic mass is 10.2. The molecular formula is C16H16ClF2N7O2. The Morgan fingerprint density at radius 2 is 1.89 bits per heavy atom. The summed E-state index contributed by atoms with van der Waals surface area (Å²) in [6.07, 6.45) is 3.06. The molecule has 3 N–H and O–H groups in total. The van der Waals surface area contributed by atoms with Crippen molar-refractivity contribution in [3.8, 4) is 11.4 Å². The number of aromatic nitrogens is 5. The largest absolute Gasteiger partial charge is 0.441 e. The van der Waals surface area contributed by atoms with Gasteiger partial charge in [0.15, 0.2) is 5.82 Å². The van der Waals surface area contributed by atoms with Crippen molar-refractivity contribution in [2.45, 2.75) is 13.0 Å². The van der Waals surface area contributed by atoms with E-state index in [1.807, 2.05) is 0 Å². The number of nitrogens with one attached hydrogen (secondary N) is 1. The van der Waals surface area contributed by atoms with E-state index < -0.39 is 24.0 Å². The number of nitrogens with two attached hydrogens (primary N) is 1. The summed E-state index contributed by atoms with van der Waals surface area (Å²) in [7, 11) is 1.59. The molecule has 3 aromatic rings. The molecule has 1 amide bonds. The number of nitrogens with zero attached hydrogens (tertiary/aromatic N) is 5. The van der Waals surface area contributed by atoms with Gasteiger partial charge in [-0.15, -0.1) is 12.4 Å². The van der Waals surface area contributed by atoms with Crippen LogP contribution in [0.3, 0.4) is 0 Å². The van der Waals surface area contributed by atoms with Crippen LogP contribution >= 0.6 is 12.4 Å². The van der Waals surface area contributed by atoms with Gasteiger partial charge in [0.2, 0.25) is 5.95 Å². The molecule has 1 atom stereocenters. The van der Waals surface area contributed by atoms with Gasteiger partial charge in [0, 0.05) is 7.05 Å². The SMILES string of the molecule is C[C@@H](OC(=O)Nc1c(-c2ncc(N)cn2)cnn1C)c1cc(F)cnc1F.Cl. The second-order valence-corrected chi connectivity index (χ2v) is 5.58. The molecule has 148 valence electrons. The van der Waals surface area contributed by atoms with Crippen LogP contribution in [0.4, 0.5) is 25.1 Å². The van der Waals surface area contributed by atoms with Gasteiger partial charge in [-0.2, -0.15) is 9.49 Å². The standard InChI is InChI=1S/C16H15F2N7O2.ClH/c1-8(11-3-9(17)4-20-13(11)18)27-16(26)24-15-12(7-23-25(15)2)14-21-5-10(19)6-22-14;/h3-8H,19H2,1-2H3,(H,24,26);1H/t8-;/m1./s1. The predicted octanol–water partition coefficient (Wildman–Crippen LogP) is 2.86. The number of carbonyl (C=O) groups is 1. The van der Waals surface area contributed by atoms with Crippen LogP contribution in [0.15, 0.2) is 30.9 Å². The number of amides is 1. The molecular weight excluding hydrogens is 396 g/mol. The third kappa shape index (κ3) is 4.49. The van der Waals surface area contributed by atoms with Crippen LogP contribution in [0.5, 0.6) is 0 Å². The molecule has 0 saturated carbocycles. The minimum atomic E-state index is -1.07. The molecule has 3 rings (SSSR count). The van der Waals surface area contributed by atoms with E-state index in [0.717, 1.165) is 12.3 Å². The smallest absolute Gasteiger partial charge is 0.413 e. The van der Waals surface area contributed by atoms with Crippen molar-refractivity contribution >= 4 is 30.0 Å². The third-order valence-corrected chi connectivity index (χ3v) is 3.63. The van der Waals surface area contributed by atoms with E-state index in [1.54, 1.807) is 7.05 Å². The zero-order chi connectivity index (χ0) is 19.6. The second kappa shape index (κ2) is 8.57. The fourth-order valence-electron chi connectivity index (χ4n) is 2.30. The lowest BCUT2D eigenvalue weighted by Gasteiger charge is -2.15. The molecule has 0 fully saturated rings. The summed E-state index contributed by atoms with van der Waals surface area (Å²) in [5.74, 6) is -1.11. The van der Waals surface area contributed by atoms with E-state index >= 15 is 0 Å². The van der Waals surface area contributed by atoms with Crippen LogP contribution in [-0.4, -0.2) is 30.8 Å². The summed E-state index contributed by atoms with van der Waals surface area (Å²) in [6.45, 7) is 1.40. The number of hydrogen-bond donors (Lipinski definition) is 2. The molecule has 0 spiro atoms. The highest BCUT2D eigenvalue weighted by Gasteiger charge is 2.20. The monoisotopic (exact) mass is 411 g/mol. The normalized spacial score (nSPS) is 11.4. The summed E-state index contributed by atoms with van der Waals surface area (Å²) in [5, 5.41) is 6.55. The molecule has 12 heteroatoms. The highest BCUT2D eigenvalue weighted by atomic mass is 35.5. The summed E-state index contributed by atoms with van der Waals surface area (Å²) in [6, 6.07) is 0.915. The summed E-state index contributed by atoms with van der Waals surface area (Å²) in [4.78, 5) is 23.6. The maximum absolute atomic E-state index is 13.7. The van der Waals surface area contributed by atoms with Crippen molar-refractivity contribution in [1.29, 1.82) is 0 Å². The average Bonchev–Trinajstić information content (AvgIpc) is 2.98. The van der Waals surface area contributed by atoms with Crippen molar-refractivity contribution in [3.63, 3.8) is 0 Å². The second-order valence-electron chi connectivity index (χ2n) is 5.58. The Morgan fingerprint density at radius 3 is 2.57 bits per heavy atom. The number of hydrogen-bond acceptors (Lipinski definition) is 7. The quantitative estimate of drug-likeness (QED) is 0.633. The molecule has 0 aliphatic rings. The zero-order valence-electron chi connectivity index (χ0n) is 14.8. The van der Waals surface area contributed by atoms with Crippen LogP contribution in [0, 0.1) is 11.8 Å². The van der Waals surface area contributed by atoms with E-state index in [1.165, 1.54) is 30.2 Å². The molecule has 0 aliphatic carbocycles. The van der Waals surface area contributed by atoms with E-state index in [-0.39, 0.29) is 23.8 Å². The molecule has 0 unspecified atom stereocenters. The highest BCUT2D eigenvalue weighted by Crippen LogP contribution is 2.26. The number of aryl methyl sites for hydroxylation is 1. The zero-order valence-corrected chi connectivity index (χ0v) is 15.6. The van der Waals surface area contributed by atoms with E-state index in [0.29, 0.717) is 17.1 Å². The average molecular weight is 412 g/mol. The topological polar surface area (TPSA) is 121 Å². The van der Waals surface area contributed by atoms with Crippen LogP contribution in [0.1, 0.15) is 18.6 Å². The summed E-state index contributed by atoms with van der Waals surface area (Å²) in [5.41, 5.74) is 6.20. The Kier molecular flexibility index (Phi) is 6.41. The number of ether oxygens (including phenoxy) is 1. The molecule has 28 heavy (non-hydrogen) atoms. The maximum Gasteiger partial charge on any atom is 0.413 e. The molecule has 0 bridgehead atoms. The number of anilines is 2. The van der Waals surface area contributed by atoms with Crippen LogP contribution < -0.4 is 11.1 Å². The van der Waals surface area contributed by atoms with Crippen LogP contribution in [-0.2, 0) is 11.8 Å². The molecule has 0 aliphatic heterocycles. The van der Waals surface area contributed by atoms with E-state index in [4.69, 9.17) is 10.5 Å². The molecule has 0 saturated heterocycles. The molecule has 3 heterocycles. The van der Waals surface area contributed by atoms with Gasteiger partial charge < -0.3 is 10.5 Å². The van der Waals surface area contributed by atoms with Crippen LogP contribution in [0.25, 0.3) is 11.4 Å². The fourth-order valence-corrected chi connectivity index (χ4v) is 2.30. The lowest BCUT2D eigenvalue weighted by molar-refractivity contribution is 0.118. The van der Waals surface area contributed by atoms with Crippen LogP contribution in [0.2, 0.25) is 0 Å². The number of halogens is 3. The van der Waals surface area contributed by atoms with Gasteiger partial charge in [0.1, 0.15) is 17.7 Å². The minimum Gasteiger partial charge on any atom is -0.441 e. The molecule has 9 nitrogen and oxygen atoms in total. The lowest BCUT2D eigenvalue weighted by Crippen LogP contribution is -2.19. The number of pyridine rings is 1. The highest BCUT2D eigenvalue weighted by molar-refractivity contribution is 5.88. The molecule has 0 radical (unpaired) electrons. The Hall–Kier alpha value is -3.34. The summed E-state index contributed by atoms with van der Waals surface area (Å²) < 4.78 is 33.4. The predicted molar refractivity (Wildman–Crippen MR) is 98.6 cm³/mol. The van der Waals surface area contributed by atoms with Crippen molar-refractivity contribution in [1.82, 2.24) is 24.7 Å². The first-order valence-electron chi connectivity index (χ1n) is 7.73. The number of carbonyl (C=O) groups excluding carboxylic acids is 1. The van der Waals surface area contributed by atoms with Gasteiger partial charge >= 0.3 is 6.09 Å². The van der Waals surface area contributed by atoms with Gasteiger partial charge in [0.25, 0.3) is 0 Å². The third-order valence-electron chi connectivity index (χ3n) is 3.63. The van der Waals surface area contributed by atoms with Crippen molar-refractivity contribution in [3.05, 3.63) is 48.2 Å². The first-order valence-corrected chi connectivity index (χ1v) is 7.73. The fraction of sp³-hybridized carbons (Fsp3) is 0.188. The van der Waals surface area contributed by atoms with E-state index in [2.05, 4.69) is 25.4 Å². The Morgan fingerprint density at radius 1 is 1.21 bits per heavy atom. The van der Waals surface area contributed by atoms with Crippen molar-refractivity contribution in [2.75, 3.05) is 11.1 Å². The van der Waals surface area contributed by atoms with Gasteiger partial charge in [-0.1, -0.05) is 0 Å². The minimum absolute atomic E-state index is 0. The van der Waals surface area contributed by atoms with Gasteiger partial charge in [-0.3, -0.25) is 10.00 Å². The molecule has 0 aromatic carbocycles. The van der Waals surface area contributed by atoms with Crippen molar-refractivity contribution in [2.24, 2.45) is 7.05 Å². The van der Waals surface area contributed by atoms with Gasteiger partial charge in [-0.25, -0.2) is 24.1 Å². The van der Waals surface area contributed by atoms with Gasteiger partial charge in [0.05, 0.1) is 41.6 Å². The number of nitrogen functional groups attached to an aromatic ring is 1.